The molecule has 54 heavy (non-hydrogen) atoms. The molecule has 0 N–H and O–H groups in total. The third kappa shape index (κ3) is 5.82. The molecule has 9 aromatic rings. The van der Waals surface area contributed by atoms with Crippen LogP contribution in [0.15, 0.2) is 176 Å². The van der Waals surface area contributed by atoms with Gasteiger partial charge in [0, 0.05) is 77.8 Å². The third-order valence-corrected chi connectivity index (χ3v) is 9.61. The summed E-state index contributed by atoms with van der Waals surface area (Å²) in [7, 11) is 0. The smallest absolute Gasteiger partial charge is 0.145 e. The fourth-order valence-corrected chi connectivity index (χ4v) is 7.28. The van der Waals surface area contributed by atoms with Crippen molar-refractivity contribution in [1.29, 1.82) is 0 Å². The van der Waals surface area contributed by atoms with E-state index in [9.17, 15) is 0 Å². The molecule has 0 saturated carbocycles. The van der Waals surface area contributed by atoms with Crippen LogP contribution in [0.3, 0.4) is 0 Å². The molecule has 0 atom stereocenters. The van der Waals surface area contributed by atoms with Gasteiger partial charge in [-0.2, -0.15) is 18.2 Å². The molecule has 0 amide bonds. The van der Waals surface area contributed by atoms with Gasteiger partial charge in [-0.15, -0.1) is 30.6 Å². The van der Waals surface area contributed by atoms with E-state index < -0.39 is 0 Å². The van der Waals surface area contributed by atoms with Crippen molar-refractivity contribution in [2.24, 2.45) is 0 Å². The Kier molecular flexibility index (Phi) is 8.74. The second kappa shape index (κ2) is 14.1. The predicted octanol–water partition coefficient (Wildman–Crippen LogP) is 11.7. The largest absolute Gasteiger partial charge is 0.521 e. The molecule has 0 bridgehead atoms. The molecule has 6 nitrogen and oxygen atoms in total. The number of benzene rings is 6. The van der Waals surface area contributed by atoms with Crippen LogP contribution in [-0.2, 0) is 21.1 Å². The van der Waals surface area contributed by atoms with E-state index in [1.165, 1.54) is 0 Å². The number of hydrogen-bond acceptors (Lipinski definition) is 5. The number of nitrogens with zero attached hydrogens (tertiary/aromatic N) is 5. The maximum Gasteiger partial charge on any atom is 0.145 e. The quantitative estimate of drug-likeness (QED) is 0.149. The number of rotatable bonds is 7. The van der Waals surface area contributed by atoms with Gasteiger partial charge < -0.3 is 14.5 Å². The molecule has 10 rings (SSSR count). The van der Waals surface area contributed by atoms with Gasteiger partial charge in [0.2, 0.25) is 0 Å². The third-order valence-electron chi connectivity index (χ3n) is 9.61. The molecule has 1 aliphatic heterocycles. The van der Waals surface area contributed by atoms with Crippen LogP contribution in [0.1, 0.15) is 0 Å². The minimum absolute atomic E-state index is 0. The molecule has 0 spiro atoms. The molecule has 6 aromatic carbocycles. The second-order valence-corrected chi connectivity index (χ2v) is 12.8. The predicted molar refractivity (Wildman–Crippen MR) is 213 cm³/mol. The van der Waals surface area contributed by atoms with Gasteiger partial charge in [0.15, 0.2) is 0 Å². The van der Waals surface area contributed by atoms with Crippen LogP contribution in [0.4, 0.5) is 22.7 Å². The minimum Gasteiger partial charge on any atom is -0.521 e. The first kappa shape index (κ1) is 33.4. The Balaban J connectivity index is 0.00000384. The van der Waals surface area contributed by atoms with Gasteiger partial charge in [0.1, 0.15) is 5.65 Å². The Morgan fingerprint density at radius 2 is 1.13 bits per heavy atom. The Bertz CT molecular complexity index is 2660. The first-order valence-electron chi connectivity index (χ1n) is 17.5. The van der Waals surface area contributed by atoms with Gasteiger partial charge in [-0.1, -0.05) is 115 Å². The van der Waals surface area contributed by atoms with Crippen molar-refractivity contribution in [3.05, 3.63) is 195 Å². The number of anilines is 4. The van der Waals surface area contributed by atoms with E-state index in [4.69, 9.17) is 9.72 Å². The van der Waals surface area contributed by atoms with Crippen LogP contribution < -0.4 is 14.5 Å². The molecule has 0 aliphatic carbocycles. The van der Waals surface area contributed by atoms with Crippen molar-refractivity contribution in [2.75, 3.05) is 9.80 Å². The molecular weight excluding hydrogens is 846 g/mol. The van der Waals surface area contributed by atoms with Gasteiger partial charge in [-0.3, -0.25) is 9.55 Å². The summed E-state index contributed by atoms with van der Waals surface area (Å²) in [5, 5.41) is 2.17. The Labute approximate surface area is 327 Å². The monoisotopic (exact) mass is 875 g/mol. The number of ether oxygens (including phenoxy) is 1. The van der Waals surface area contributed by atoms with Crippen molar-refractivity contribution in [3.63, 3.8) is 0 Å². The fourth-order valence-electron chi connectivity index (χ4n) is 7.28. The molecule has 1 aliphatic rings. The minimum atomic E-state index is 0. The van der Waals surface area contributed by atoms with Crippen molar-refractivity contribution in [3.8, 4) is 39.6 Å². The van der Waals surface area contributed by atoms with Crippen LogP contribution in [0.5, 0.6) is 11.5 Å². The SMILES string of the molecule is [Pt].[c-]1c(Oc2[c-]c(-n3c4ccccc4c4cccnc43)ncc2)cccc1N1[CH-]N(c2c(-c3ccccc3)cccc2-c2ccccc2)c2ccccc21. The molecule has 0 fully saturated rings. The van der Waals surface area contributed by atoms with E-state index in [1.54, 1.807) is 12.4 Å². The zero-order chi connectivity index (χ0) is 35.1. The number of fused-ring (bicyclic) bond motifs is 4. The normalized spacial score (nSPS) is 12.1. The summed E-state index contributed by atoms with van der Waals surface area (Å²) >= 11 is 0. The number of para-hydroxylation sites is 4. The summed E-state index contributed by atoms with van der Waals surface area (Å²) in [5.74, 6) is 1.70. The molecule has 0 radical (unpaired) electrons. The molecule has 7 heteroatoms. The van der Waals surface area contributed by atoms with Gasteiger partial charge >= 0.3 is 0 Å². The van der Waals surface area contributed by atoms with Crippen molar-refractivity contribution < 1.29 is 25.8 Å². The first-order chi connectivity index (χ1) is 26.3. The van der Waals surface area contributed by atoms with E-state index >= 15 is 0 Å². The second-order valence-electron chi connectivity index (χ2n) is 12.8. The van der Waals surface area contributed by atoms with Crippen LogP contribution in [-0.4, -0.2) is 14.5 Å². The topological polar surface area (TPSA) is 46.4 Å². The zero-order valence-electron chi connectivity index (χ0n) is 28.8. The maximum atomic E-state index is 6.46. The molecule has 0 saturated heterocycles. The van der Waals surface area contributed by atoms with E-state index in [2.05, 4.69) is 161 Å². The standard InChI is InChI=1S/C47H30N5O.Pt/c1-3-14-33(15-4-1)38-21-12-22-39(34-16-5-2-6-17-34)46(38)51-32-50(43-25-9-10-26-44(43)51)35-18-11-19-36(30-35)53-37-27-29-48-45(31-37)52-42-24-8-7-20-40(42)41-23-13-28-49-47(41)52;/h1-29,32H;/q-3;. The zero-order valence-corrected chi connectivity index (χ0v) is 31.1. The van der Waals surface area contributed by atoms with Gasteiger partial charge in [-0.25, -0.2) is 4.98 Å². The summed E-state index contributed by atoms with van der Waals surface area (Å²) in [6.45, 7) is 2.15. The number of hydrogen-bond donors (Lipinski definition) is 0. The van der Waals surface area contributed by atoms with Crippen molar-refractivity contribution >= 4 is 44.7 Å². The Morgan fingerprint density at radius 1 is 0.500 bits per heavy atom. The summed E-state index contributed by atoms with van der Waals surface area (Å²) in [6, 6.07) is 63.1. The van der Waals surface area contributed by atoms with E-state index in [1.807, 2.05) is 41.0 Å². The van der Waals surface area contributed by atoms with Crippen LogP contribution in [0.25, 0.3) is 50.0 Å². The Morgan fingerprint density at radius 3 is 1.89 bits per heavy atom. The Hall–Kier alpha value is -6.49. The van der Waals surface area contributed by atoms with Gasteiger partial charge in [0.25, 0.3) is 0 Å². The molecule has 262 valence electrons. The molecular formula is C47H30N5OPt-3. The van der Waals surface area contributed by atoms with Gasteiger partial charge in [-0.05, 0) is 47.2 Å². The van der Waals surface area contributed by atoms with E-state index in [-0.39, 0.29) is 21.1 Å². The molecule has 0 unspecified atom stereocenters. The van der Waals surface area contributed by atoms with Crippen molar-refractivity contribution in [1.82, 2.24) is 14.5 Å². The van der Waals surface area contributed by atoms with Crippen LogP contribution >= 0.6 is 0 Å². The molecule has 3 aromatic heterocycles. The summed E-state index contributed by atoms with van der Waals surface area (Å²) in [6.07, 6.45) is 3.54. The van der Waals surface area contributed by atoms with Crippen LogP contribution in [0, 0.1) is 18.8 Å². The summed E-state index contributed by atoms with van der Waals surface area (Å²) < 4.78 is 8.48. The number of pyridine rings is 2. The van der Waals surface area contributed by atoms with E-state index in [0.29, 0.717) is 17.3 Å². The van der Waals surface area contributed by atoms with E-state index in [0.717, 1.165) is 66.9 Å². The maximum absolute atomic E-state index is 6.46. The molecule has 4 heterocycles. The summed E-state index contributed by atoms with van der Waals surface area (Å²) in [4.78, 5) is 13.8. The van der Waals surface area contributed by atoms with Crippen molar-refractivity contribution in [2.45, 2.75) is 0 Å². The average molecular weight is 876 g/mol. The first-order valence-corrected chi connectivity index (χ1v) is 17.5. The fraction of sp³-hybridized carbons (Fsp3) is 0. The van der Waals surface area contributed by atoms with Gasteiger partial charge in [0.05, 0.1) is 5.52 Å². The summed E-state index contributed by atoms with van der Waals surface area (Å²) in [5.41, 5.74) is 10.5. The van der Waals surface area contributed by atoms with Crippen LogP contribution in [0.2, 0.25) is 0 Å². The average Bonchev–Trinajstić information content (AvgIpc) is 3.78. The number of aromatic nitrogens is 3.